The van der Waals surface area contributed by atoms with Gasteiger partial charge in [-0.1, -0.05) is 18.2 Å². The van der Waals surface area contributed by atoms with Gasteiger partial charge in [-0.15, -0.1) is 0 Å². The number of rotatable bonds is 1. The molecule has 0 bridgehead atoms. The highest BCUT2D eigenvalue weighted by atomic mass is 19.1. The lowest BCUT2D eigenvalue weighted by molar-refractivity contribution is 0.442. The molecule has 0 radical (unpaired) electrons. The number of aromatic hydroxyl groups is 2. The van der Waals surface area contributed by atoms with Gasteiger partial charge < -0.3 is 10.2 Å². The number of aromatic nitrogens is 3. The second-order valence-electron chi connectivity index (χ2n) is 3.87. The van der Waals surface area contributed by atoms with Gasteiger partial charge >= 0.3 is 0 Å². The smallest absolute Gasteiger partial charge is 0.225 e. The first-order valence-corrected chi connectivity index (χ1v) is 5.46. The SMILES string of the molecule is Oc1nc2nccnc2c(O)c1-c1ccccc1F. The van der Waals surface area contributed by atoms with Gasteiger partial charge in [0.25, 0.3) is 0 Å². The fourth-order valence-corrected chi connectivity index (χ4v) is 1.87. The minimum absolute atomic E-state index is 0.0533. The van der Waals surface area contributed by atoms with Gasteiger partial charge in [0.1, 0.15) is 5.82 Å². The summed E-state index contributed by atoms with van der Waals surface area (Å²) in [7, 11) is 0. The maximum absolute atomic E-state index is 13.7. The Morgan fingerprint density at radius 1 is 1.00 bits per heavy atom. The Morgan fingerprint density at radius 2 is 1.74 bits per heavy atom. The van der Waals surface area contributed by atoms with Gasteiger partial charge in [-0.2, -0.15) is 4.98 Å². The third-order valence-corrected chi connectivity index (χ3v) is 2.72. The summed E-state index contributed by atoms with van der Waals surface area (Å²) in [6.07, 6.45) is 2.77. The van der Waals surface area contributed by atoms with Crippen LogP contribution in [0, 0.1) is 5.82 Å². The normalized spacial score (nSPS) is 10.8. The highest BCUT2D eigenvalue weighted by molar-refractivity contribution is 5.89. The van der Waals surface area contributed by atoms with E-state index in [-0.39, 0.29) is 28.0 Å². The van der Waals surface area contributed by atoms with Gasteiger partial charge in [-0.3, -0.25) is 0 Å². The van der Waals surface area contributed by atoms with Gasteiger partial charge in [0.15, 0.2) is 16.9 Å². The van der Waals surface area contributed by atoms with E-state index in [4.69, 9.17) is 0 Å². The van der Waals surface area contributed by atoms with Crippen LogP contribution in [0.25, 0.3) is 22.3 Å². The standard InChI is InChI=1S/C13H8FN3O2/c14-8-4-2-1-3-7(8)9-11(18)10-12(17-13(9)19)16-6-5-15-10/h1-6H,(H2,16,17,18,19). The van der Waals surface area contributed by atoms with Crippen molar-refractivity contribution >= 4 is 11.2 Å². The lowest BCUT2D eigenvalue weighted by Gasteiger charge is -2.09. The van der Waals surface area contributed by atoms with Crippen molar-refractivity contribution in [2.24, 2.45) is 0 Å². The molecular weight excluding hydrogens is 249 g/mol. The molecule has 0 saturated heterocycles. The molecule has 0 atom stereocenters. The Hall–Kier alpha value is -2.76. The summed E-state index contributed by atoms with van der Waals surface area (Å²) >= 11 is 0. The van der Waals surface area contributed by atoms with Gasteiger partial charge in [-0.05, 0) is 6.07 Å². The molecule has 0 aliphatic heterocycles. The van der Waals surface area contributed by atoms with Crippen molar-refractivity contribution in [2.75, 3.05) is 0 Å². The number of benzene rings is 1. The second kappa shape index (κ2) is 4.16. The highest BCUT2D eigenvalue weighted by Crippen LogP contribution is 2.40. The number of nitrogens with zero attached hydrogens (tertiary/aromatic N) is 3. The molecule has 0 aliphatic carbocycles. The molecule has 19 heavy (non-hydrogen) atoms. The fraction of sp³-hybridized carbons (Fsp3) is 0. The van der Waals surface area contributed by atoms with E-state index in [1.165, 1.54) is 30.6 Å². The summed E-state index contributed by atoms with van der Waals surface area (Å²) in [5.41, 5.74) is 0.166. The topological polar surface area (TPSA) is 79.1 Å². The molecule has 2 heterocycles. The zero-order valence-electron chi connectivity index (χ0n) is 9.58. The molecule has 3 rings (SSSR count). The van der Waals surface area contributed by atoms with Crippen molar-refractivity contribution < 1.29 is 14.6 Å². The number of halogens is 1. The Bertz CT molecular complexity index is 777. The highest BCUT2D eigenvalue weighted by Gasteiger charge is 2.19. The van der Waals surface area contributed by atoms with E-state index in [1.54, 1.807) is 6.07 Å². The molecule has 0 spiro atoms. The first-order valence-electron chi connectivity index (χ1n) is 5.46. The van der Waals surface area contributed by atoms with Crippen LogP contribution in [0.1, 0.15) is 0 Å². The van der Waals surface area contributed by atoms with Crippen LogP contribution in [0.4, 0.5) is 4.39 Å². The number of fused-ring (bicyclic) bond motifs is 1. The summed E-state index contributed by atoms with van der Waals surface area (Å²) in [6, 6.07) is 5.78. The number of hydrogen-bond donors (Lipinski definition) is 2. The van der Waals surface area contributed by atoms with Crippen molar-refractivity contribution in [1.82, 2.24) is 15.0 Å². The Labute approximate surface area is 107 Å². The maximum Gasteiger partial charge on any atom is 0.225 e. The number of pyridine rings is 1. The predicted molar refractivity (Wildman–Crippen MR) is 66.1 cm³/mol. The Balaban J connectivity index is 2.39. The average molecular weight is 257 g/mol. The van der Waals surface area contributed by atoms with E-state index in [2.05, 4.69) is 15.0 Å². The fourth-order valence-electron chi connectivity index (χ4n) is 1.87. The Kier molecular flexibility index (Phi) is 2.49. The maximum atomic E-state index is 13.7. The molecule has 1 aromatic carbocycles. The third kappa shape index (κ3) is 1.74. The van der Waals surface area contributed by atoms with E-state index < -0.39 is 11.7 Å². The largest absolute Gasteiger partial charge is 0.505 e. The molecule has 6 heteroatoms. The van der Waals surface area contributed by atoms with Crippen LogP contribution in [0.15, 0.2) is 36.7 Å². The summed E-state index contributed by atoms with van der Waals surface area (Å²) in [5, 5.41) is 20.0. The molecule has 0 unspecified atom stereocenters. The molecule has 0 aliphatic rings. The zero-order chi connectivity index (χ0) is 13.4. The van der Waals surface area contributed by atoms with Gasteiger partial charge in [-0.25, -0.2) is 14.4 Å². The zero-order valence-corrected chi connectivity index (χ0v) is 9.58. The van der Waals surface area contributed by atoms with Crippen molar-refractivity contribution in [2.45, 2.75) is 0 Å². The summed E-state index contributed by atoms with van der Waals surface area (Å²) in [4.78, 5) is 11.6. The molecular formula is C13H8FN3O2. The Morgan fingerprint density at radius 3 is 2.53 bits per heavy atom. The van der Waals surface area contributed by atoms with E-state index >= 15 is 0 Å². The van der Waals surface area contributed by atoms with Crippen LogP contribution in [0.5, 0.6) is 11.6 Å². The molecule has 2 aromatic heterocycles. The first kappa shape index (κ1) is 11.3. The van der Waals surface area contributed by atoms with Crippen LogP contribution in [-0.2, 0) is 0 Å². The van der Waals surface area contributed by atoms with Gasteiger partial charge in [0.2, 0.25) is 5.88 Å². The van der Waals surface area contributed by atoms with Crippen LogP contribution in [-0.4, -0.2) is 25.2 Å². The minimum atomic E-state index is -0.571. The molecule has 0 amide bonds. The average Bonchev–Trinajstić information content (AvgIpc) is 2.41. The lowest BCUT2D eigenvalue weighted by Crippen LogP contribution is -1.93. The van der Waals surface area contributed by atoms with Crippen LogP contribution in [0.2, 0.25) is 0 Å². The number of hydrogen-bond acceptors (Lipinski definition) is 5. The van der Waals surface area contributed by atoms with E-state index in [9.17, 15) is 14.6 Å². The van der Waals surface area contributed by atoms with Crippen LogP contribution >= 0.6 is 0 Å². The predicted octanol–water partition coefficient (Wildman–Crippen LogP) is 2.24. The van der Waals surface area contributed by atoms with E-state index in [0.29, 0.717) is 0 Å². The van der Waals surface area contributed by atoms with Crippen LogP contribution in [0.3, 0.4) is 0 Å². The van der Waals surface area contributed by atoms with E-state index in [1.807, 2.05) is 0 Å². The quantitative estimate of drug-likeness (QED) is 0.699. The van der Waals surface area contributed by atoms with Crippen molar-refractivity contribution in [3.05, 3.63) is 42.5 Å². The minimum Gasteiger partial charge on any atom is -0.505 e. The molecule has 3 aromatic rings. The van der Waals surface area contributed by atoms with Gasteiger partial charge in [0, 0.05) is 18.0 Å². The first-order chi connectivity index (χ1) is 9.18. The lowest BCUT2D eigenvalue weighted by atomic mass is 10.0. The van der Waals surface area contributed by atoms with Gasteiger partial charge in [0.05, 0.1) is 5.56 Å². The van der Waals surface area contributed by atoms with Crippen molar-refractivity contribution in [3.8, 4) is 22.8 Å². The molecule has 0 fully saturated rings. The van der Waals surface area contributed by atoms with Crippen molar-refractivity contribution in [1.29, 1.82) is 0 Å². The van der Waals surface area contributed by atoms with E-state index in [0.717, 1.165) is 0 Å². The summed E-state index contributed by atoms with van der Waals surface area (Å²) < 4.78 is 13.7. The monoisotopic (exact) mass is 257 g/mol. The third-order valence-electron chi connectivity index (χ3n) is 2.72. The molecule has 0 saturated carbocycles. The summed E-state index contributed by atoms with van der Waals surface area (Å²) in [5.74, 6) is -1.41. The molecule has 94 valence electrons. The second-order valence-corrected chi connectivity index (χ2v) is 3.87. The molecule has 5 nitrogen and oxygen atoms in total. The van der Waals surface area contributed by atoms with Crippen molar-refractivity contribution in [3.63, 3.8) is 0 Å². The summed E-state index contributed by atoms with van der Waals surface area (Å²) in [6.45, 7) is 0. The molecule has 2 N–H and O–H groups in total. The van der Waals surface area contributed by atoms with Crippen LogP contribution < -0.4 is 0 Å².